The standard InChI is InChI=1S/C24H20FN7O2S/c1-15-21(14-27)22(18-7-5-16(13-26)6-8-18)32-24(31(15)20-4-2-3-17(11-20)12-25)28-23(29-32)35(33,34)30-19-9-10-19/h2-8,11,19,22,30H,9-10,12H2,1H3/t22-/m1/s1. The second kappa shape index (κ2) is 8.62. The van der Waals surface area contributed by atoms with E-state index in [1.165, 1.54) is 4.68 Å². The summed E-state index contributed by atoms with van der Waals surface area (Å²) in [6.45, 7) is 1.05. The molecule has 1 aliphatic heterocycles. The Hall–Kier alpha value is -4.06. The molecule has 0 saturated heterocycles. The molecular formula is C24H20FN7O2S. The maximum Gasteiger partial charge on any atom is 0.284 e. The molecule has 1 saturated carbocycles. The monoisotopic (exact) mass is 489 g/mol. The number of benzene rings is 2. The second-order valence-electron chi connectivity index (χ2n) is 8.42. The van der Waals surface area contributed by atoms with Gasteiger partial charge in [0.15, 0.2) is 0 Å². The molecule has 2 aromatic carbocycles. The van der Waals surface area contributed by atoms with Crippen molar-refractivity contribution in [1.82, 2.24) is 19.5 Å². The van der Waals surface area contributed by atoms with Gasteiger partial charge in [-0.25, -0.2) is 22.2 Å². The predicted octanol–water partition coefficient (Wildman–Crippen LogP) is 3.60. The van der Waals surface area contributed by atoms with Crippen LogP contribution in [0.2, 0.25) is 0 Å². The van der Waals surface area contributed by atoms with Crippen molar-refractivity contribution in [3.05, 3.63) is 76.5 Å². The first-order chi connectivity index (χ1) is 16.9. The quantitative estimate of drug-likeness (QED) is 0.560. The molecule has 0 bridgehead atoms. The van der Waals surface area contributed by atoms with Crippen LogP contribution in [-0.2, 0) is 16.7 Å². The fraction of sp³-hybridized carbons (Fsp3) is 0.250. The minimum Gasteiger partial charge on any atom is -0.282 e. The third kappa shape index (κ3) is 4.05. The SMILES string of the molecule is CC1=C(C#N)[C@@H](c2ccc(C#N)cc2)n2nc(S(=O)(=O)NC3CC3)nc2N1c1cccc(CF)c1. The predicted molar refractivity (Wildman–Crippen MR) is 124 cm³/mol. The van der Waals surface area contributed by atoms with Crippen molar-refractivity contribution in [2.45, 2.75) is 43.7 Å². The zero-order valence-corrected chi connectivity index (χ0v) is 19.5. The number of aromatic nitrogens is 3. The van der Waals surface area contributed by atoms with E-state index in [9.17, 15) is 18.1 Å². The van der Waals surface area contributed by atoms with Gasteiger partial charge in [-0.3, -0.25) is 4.90 Å². The van der Waals surface area contributed by atoms with Gasteiger partial charge >= 0.3 is 0 Å². The van der Waals surface area contributed by atoms with E-state index in [1.807, 2.05) is 0 Å². The lowest BCUT2D eigenvalue weighted by Crippen LogP contribution is -2.31. The van der Waals surface area contributed by atoms with Crippen LogP contribution >= 0.6 is 0 Å². The van der Waals surface area contributed by atoms with Crippen molar-refractivity contribution in [1.29, 1.82) is 10.5 Å². The van der Waals surface area contributed by atoms with Gasteiger partial charge in [0.25, 0.3) is 15.2 Å². The lowest BCUT2D eigenvalue weighted by atomic mass is 9.95. The third-order valence-electron chi connectivity index (χ3n) is 5.98. The van der Waals surface area contributed by atoms with E-state index in [2.05, 4.69) is 26.9 Å². The number of sulfonamides is 1. The third-order valence-corrected chi connectivity index (χ3v) is 7.27. The van der Waals surface area contributed by atoms with Gasteiger partial charge in [-0.1, -0.05) is 24.3 Å². The highest BCUT2D eigenvalue weighted by molar-refractivity contribution is 7.89. The molecule has 35 heavy (non-hydrogen) atoms. The molecule has 1 aliphatic carbocycles. The average molecular weight is 490 g/mol. The van der Waals surface area contributed by atoms with E-state index >= 15 is 0 Å². The van der Waals surface area contributed by atoms with Crippen molar-refractivity contribution < 1.29 is 12.8 Å². The number of halogens is 1. The van der Waals surface area contributed by atoms with Crippen molar-refractivity contribution in [2.24, 2.45) is 0 Å². The normalized spacial score (nSPS) is 17.6. The number of fused-ring (bicyclic) bond motifs is 1. The summed E-state index contributed by atoms with van der Waals surface area (Å²) < 4.78 is 43.3. The molecule has 1 aromatic heterocycles. The molecule has 2 aliphatic rings. The summed E-state index contributed by atoms with van der Waals surface area (Å²) in [4.78, 5) is 5.99. The first kappa shape index (κ1) is 22.7. The lowest BCUT2D eigenvalue weighted by molar-refractivity contribution is 0.485. The summed E-state index contributed by atoms with van der Waals surface area (Å²) in [6.07, 6.45) is 1.50. The number of hydrogen-bond acceptors (Lipinski definition) is 7. The van der Waals surface area contributed by atoms with Gasteiger partial charge in [0.1, 0.15) is 12.7 Å². The molecule has 0 unspecified atom stereocenters. The Morgan fingerprint density at radius 2 is 1.89 bits per heavy atom. The van der Waals surface area contributed by atoms with Gasteiger partial charge in [0.05, 0.1) is 23.3 Å². The molecule has 9 nitrogen and oxygen atoms in total. The topological polar surface area (TPSA) is 128 Å². The van der Waals surface area contributed by atoms with Gasteiger partial charge in [0, 0.05) is 17.4 Å². The summed E-state index contributed by atoms with van der Waals surface area (Å²) in [5.41, 5.74) is 2.87. The Labute approximate surface area is 201 Å². The molecule has 0 radical (unpaired) electrons. The van der Waals surface area contributed by atoms with Crippen LogP contribution in [0.15, 0.2) is 65.0 Å². The number of nitriles is 2. The van der Waals surface area contributed by atoms with Gasteiger partial charge in [-0.15, -0.1) is 5.10 Å². The summed E-state index contributed by atoms with van der Waals surface area (Å²) in [7, 11) is -3.99. The van der Waals surface area contributed by atoms with E-state index in [1.54, 1.807) is 60.4 Å². The number of anilines is 2. The van der Waals surface area contributed by atoms with Gasteiger partial charge < -0.3 is 0 Å². The van der Waals surface area contributed by atoms with E-state index in [4.69, 9.17) is 5.26 Å². The van der Waals surface area contributed by atoms with Gasteiger partial charge in [0.2, 0.25) is 5.95 Å². The highest BCUT2D eigenvalue weighted by atomic mass is 32.2. The Kier molecular flexibility index (Phi) is 5.59. The smallest absolute Gasteiger partial charge is 0.282 e. The van der Waals surface area contributed by atoms with Crippen LogP contribution in [0.5, 0.6) is 0 Å². The zero-order valence-electron chi connectivity index (χ0n) is 18.7. The van der Waals surface area contributed by atoms with E-state index in [0.717, 1.165) is 12.8 Å². The maximum absolute atomic E-state index is 13.4. The largest absolute Gasteiger partial charge is 0.284 e. The Balaban J connectivity index is 1.73. The Bertz CT molecular complexity index is 1530. The minimum absolute atomic E-state index is 0.137. The first-order valence-electron chi connectivity index (χ1n) is 10.9. The highest BCUT2D eigenvalue weighted by Crippen LogP contribution is 2.42. The van der Waals surface area contributed by atoms with Crippen LogP contribution < -0.4 is 9.62 Å². The van der Waals surface area contributed by atoms with Crippen LogP contribution in [0.1, 0.15) is 42.5 Å². The maximum atomic E-state index is 13.4. The molecule has 11 heteroatoms. The van der Waals surface area contributed by atoms with Crippen LogP contribution in [0, 0.1) is 22.7 Å². The summed E-state index contributed by atoms with van der Waals surface area (Å²) in [5, 5.41) is 23.2. The first-order valence-corrected chi connectivity index (χ1v) is 12.4. The van der Waals surface area contributed by atoms with Gasteiger partial charge in [-0.2, -0.15) is 15.5 Å². The summed E-state index contributed by atoms with van der Waals surface area (Å²) in [6, 6.07) is 16.7. The van der Waals surface area contributed by atoms with Crippen LogP contribution in [-0.4, -0.2) is 29.2 Å². The summed E-state index contributed by atoms with van der Waals surface area (Å²) >= 11 is 0. The number of alkyl halides is 1. The minimum atomic E-state index is -3.99. The molecule has 0 spiro atoms. The van der Waals surface area contributed by atoms with Crippen molar-refractivity contribution in [3.8, 4) is 12.1 Å². The number of nitrogens with one attached hydrogen (secondary N) is 1. The molecule has 2 heterocycles. The summed E-state index contributed by atoms with van der Waals surface area (Å²) in [5.74, 6) is 0.183. The highest BCUT2D eigenvalue weighted by Gasteiger charge is 2.39. The van der Waals surface area contributed by atoms with Crippen LogP contribution in [0.25, 0.3) is 0 Å². The lowest BCUT2D eigenvalue weighted by Gasteiger charge is -2.34. The van der Waals surface area contributed by atoms with Crippen LogP contribution in [0.3, 0.4) is 0 Å². The molecular weight excluding hydrogens is 469 g/mol. The number of hydrogen-bond donors (Lipinski definition) is 1. The Morgan fingerprint density at radius 3 is 2.51 bits per heavy atom. The molecule has 0 amide bonds. The van der Waals surface area contributed by atoms with Crippen molar-refractivity contribution in [2.75, 3.05) is 4.90 Å². The van der Waals surface area contributed by atoms with Crippen molar-refractivity contribution in [3.63, 3.8) is 0 Å². The fourth-order valence-corrected chi connectivity index (χ4v) is 5.25. The fourth-order valence-electron chi connectivity index (χ4n) is 4.08. The molecule has 5 rings (SSSR count). The average Bonchev–Trinajstić information content (AvgIpc) is 3.56. The molecule has 1 atom stereocenters. The number of allylic oxidation sites excluding steroid dienone is 2. The molecule has 3 aromatic rings. The molecule has 1 fully saturated rings. The second-order valence-corrected chi connectivity index (χ2v) is 10.0. The number of rotatable bonds is 6. The van der Waals surface area contributed by atoms with E-state index < -0.39 is 27.9 Å². The van der Waals surface area contributed by atoms with Crippen LogP contribution in [0.4, 0.5) is 16.0 Å². The van der Waals surface area contributed by atoms with Gasteiger partial charge in [-0.05, 0) is 55.2 Å². The number of nitrogens with zero attached hydrogens (tertiary/aromatic N) is 6. The zero-order chi connectivity index (χ0) is 24.7. The Morgan fingerprint density at radius 1 is 1.14 bits per heavy atom. The van der Waals surface area contributed by atoms with E-state index in [-0.39, 0.29) is 12.0 Å². The molecule has 176 valence electrons. The van der Waals surface area contributed by atoms with Crippen molar-refractivity contribution >= 4 is 21.7 Å². The molecule has 1 N–H and O–H groups in total. The van der Waals surface area contributed by atoms with E-state index in [0.29, 0.717) is 33.6 Å².